The zero-order valence-corrected chi connectivity index (χ0v) is 8.88. The van der Waals surface area contributed by atoms with Gasteiger partial charge >= 0.3 is 0 Å². The molecule has 1 rings (SSSR count). The Kier molecular flexibility index (Phi) is 3.14. The largest absolute Gasteiger partial charge is 0.119 e. The molecule has 0 nitrogen and oxygen atoms in total. The highest BCUT2D eigenvalue weighted by Gasteiger charge is 2.21. The fourth-order valence-corrected chi connectivity index (χ4v) is 1.47. The number of rotatable bonds is 3. The number of terminal acetylenes is 1. The molecule has 0 spiro atoms. The number of aryl methyl sites for hydroxylation is 1. The van der Waals surface area contributed by atoms with Crippen LogP contribution < -0.4 is 0 Å². The molecule has 0 saturated carbocycles. The van der Waals surface area contributed by atoms with E-state index in [4.69, 9.17) is 6.42 Å². The van der Waals surface area contributed by atoms with Gasteiger partial charge in [-0.05, 0) is 25.8 Å². The van der Waals surface area contributed by atoms with Crippen LogP contribution in [0.2, 0.25) is 0 Å². The molecule has 0 N–H and O–H groups in total. The van der Waals surface area contributed by atoms with Gasteiger partial charge in [0.25, 0.3) is 0 Å². The van der Waals surface area contributed by atoms with Gasteiger partial charge in [0.15, 0.2) is 0 Å². The summed E-state index contributed by atoms with van der Waals surface area (Å²) in [6, 6.07) is 8.37. The average Bonchev–Trinajstić information content (AvgIpc) is 2.19. The monoisotopic (exact) mass is 184 g/mol. The fraction of sp³-hybridized carbons (Fsp3) is 0.286. The summed E-state index contributed by atoms with van der Waals surface area (Å²) in [5, 5.41) is 0. The number of hydrogen-bond donors (Lipinski definition) is 0. The van der Waals surface area contributed by atoms with Gasteiger partial charge in [-0.1, -0.05) is 41.8 Å². The molecule has 1 atom stereocenters. The Labute approximate surface area is 86.7 Å². The predicted octanol–water partition coefficient (Wildman–Crippen LogP) is 3.46. The Morgan fingerprint density at radius 2 is 2.00 bits per heavy atom. The minimum atomic E-state index is -0.213. The fourth-order valence-electron chi connectivity index (χ4n) is 1.47. The van der Waals surface area contributed by atoms with E-state index in [1.54, 1.807) is 0 Å². The van der Waals surface area contributed by atoms with E-state index in [0.29, 0.717) is 0 Å². The first-order valence-electron chi connectivity index (χ1n) is 4.78. The molecule has 0 fully saturated rings. The molecule has 72 valence electrons. The Balaban J connectivity index is 3.07. The van der Waals surface area contributed by atoms with Crippen LogP contribution in [0.25, 0.3) is 0 Å². The third kappa shape index (κ3) is 2.06. The van der Waals surface area contributed by atoms with E-state index >= 15 is 0 Å². The van der Waals surface area contributed by atoms with E-state index in [1.165, 1.54) is 11.1 Å². The van der Waals surface area contributed by atoms with Crippen LogP contribution in [0, 0.1) is 19.3 Å². The smallest absolute Gasteiger partial charge is 0.0566 e. The summed E-state index contributed by atoms with van der Waals surface area (Å²) < 4.78 is 0. The van der Waals surface area contributed by atoms with Crippen molar-refractivity contribution in [2.24, 2.45) is 0 Å². The second-order valence-corrected chi connectivity index (χ2v) is 3.84. The van der Waals surface area contributed by atoms with Gasteiger partial charge in [0.05, 0.1) is 5.41 Å². The van der Waals surface area contributed by atoms with Crippen molar-refractivity contribution in [1.82, 2.24) is 0 Å². The lowest BCUT2D eigenvalue weighted by Crippen LogP contribution is -2.18. The van der Waals surface area contributed by atoms with Gasteiger partial charge in [-0.2, -0.15) is 0 Å². The standard InChI is InChI=1S/C14H16/c1-5-11-14(4,6-2)13-9-7-12(3)8-10-13/h2,5,7-10H,1,11H2,3-4H3. The van der Waals surface area contributed by atoms with Crippen molar-refractivity contribution >= 4 is 0 Å². The first-order chi connectivity index (χ1) is 6.62. The van der Waals surface area contributed by atoms with Crippen LogP contribution in [0.1, 0.15) is 24.5 Å². The lowest BCUT2D eigenvalue weighted by atomic mass is 9.80. The van der Waals surface area contributed by atoms with E-state index < -0.39 is 0 Å². The second kappa shape index (κ2) is 4.15. The zero-order chi connectivity index (χ0) is 10.6. The molecular formula is C14H16. The number of benzene rings is 1. The van der Waals surface area contributed by atoms with Crippen LogP contribution in [0.4, 0.5) is 0 Å². The van der Waals surface area contributed by atoms with Gasteiger partial charge in [0.1, 0.15) is 0 Å². The molecule has 1 aromatic carbocycles. The molecule has 0 bridgehead atoms. The van der Waals surface area contributed by atoms with Crippen molar-refractivity contribution in [3.05, 3.63) is 48.0 Å². The lowest BCUT2D eigenvalue weighted by Gasteiger charge is -2.22. The third-order valence-corrected chi connectivity index (χ3v) is 2.56. The maximum atomic E-state index is 5.57. The summed E-state index contributed by atoms with van der Waals surface area (Å²) in [6.45, 7) is 7.88. The normalized spacial score (nSPS) is 14.1. The van der Waals surface area contributed by atoms with Crippen LogP contribution in [0.15, 0.2) is 36.9 Å². The molecule has 0 saturated heterocycles. The van der Waals surface area contributed by atoms with Crippen LogP contribution >= 0.6 is 0 Å². The summed E-state index contributed by atoms with van der Waals surface area (Å²) in [5.41, 5.74) is 2.23. The van der Waals surface area contributed by atoms with Gasteiger partial charge in [-0.25, -0.2) is 0 Å². The molecule has 0 amide bonds. The van der Waals surface area contributed by atoms with Crippen LogP contribution in [0.3, 0.4) is 0 Å². The van der Waals surface area contributed by atoms with Crippen molar-refractivity contribution in [3.8, 4) is 12.3 Å². The van der Waals surface area contributed by atoms with Gasteiger partial charge < -0.3 is 0 Å². The van der Waals surface area contributed by atoms with Gasteiger partial charge in [0.2, 0.25) is 0 Å². The summed E-state index contributed by atoms with van der Waals surface area (Å²) in [6.07, 6.45) is 8.25. The Morgan fingerprint density at radius 3 is 2.43 bits per heavy atom. The van der Waals surface area contributed by atoms with Crippen molar-refractivity contribution < 1.29 is 0 Å². The SMILES string of the molecule is C#CC(C)(CC=C)c1ccc(C)cc1. The van der Waals surface area contributed by atoms with Crippen molar-refractivity contribution in [1.29, 1.82) is 0 Å². The first kappa shape index (κ1) is 10.6. The molecule has 0 radical (unpaired) electrons. The van der Waals surface area contributed by atoms with Crippen molar-refractivity contribution in [3.63, 3.8) is 0 Å². The Bertz CT molecular complexity index is 351. The van der Waals surface area contributed by atoms with Crippen LogP contribution in [0.5, 0.6) is 0 Å². The molecule has 0 heteroatoms. The predicted molar refractivity (Wildman–Crippen MR) is 62.2 cm³/mol. The van der Waals surface area contributed by atoms with Crippen molar-refractivity contribution in [2.75, 3.05) is 0 Å². The maximum Gasteiger partial charge on any atom is 0.0566 e. The second-order valence-electron chi connectivity index (χ2n) is 3.84. The molecule has 0 aromatic heterocycles. The quantitative estimate of drug-likeness (QED) is 0.498. The summed E-state index contributed by atoms with van der Waals surface area (Å²) in [4.78, 5) is 0. The highest BCUT2D eigenvalue weighted by atomic mass is 14.2. The van der Waals surface area contributed by atoms with E-state index in [0.717, 1.165) is 6.42 Å². The molecule has 0 heterocycles. The topological polar surface area (TPSA) is 0 Å². The first-order valence-corrected chi connectivity index (χ1v) is 4.78. The molecule has 0 aliphatic heterocycles. The molecular weight excluding hydrogens is 168 g/mol. The molecule has 0 aliphatic rings. The van der Waals surface area contributed by atoms with E-state index in [9.17, 15) is 0 Å². The minimum absolute atomic E-state index is 0.213. The van der Waals surface area contributed by atoms with E-state index in [1.807, 2.05) is 6.08 Å². The summed E-state index contributed by atoms with van der Waals surface area (Å²) in [7, 11) is 0. The van der Waals surface area contributed by atoms with Crippen LogP contribution in [-0.4, -0.2) is 0 Å². The van der Waals surface area contributed by atoms with Crippen molar-refractivity contribution in [2.45, 2.75) is 25.7 Å². The molecule has 14 heavy (non-hydrogen) atoms. The van der Waals surface area contributed by atoms with Gasteiger partial charge in [-0.15, -0.1) is 13.0 Å². The lowest BCUT2D eigenvalue weighted by molar-refractivity contribution is 0.631. The van der Waals surface area contributed by atoms with Crippen LogP contribution in [-0.2, 0) is 5.41 Å². The number of allylic oxidation sites excluding steroid dienone is 1. The van der Waals surface area contributed by atoms with E-state index in [2.05, 4.69) is 50.6 Å². The summed E-state index contributed by atoms with van der Waals surface area (Å²) in [5.74, 6) is 2.84. The molecule has 1 unspecified atom stereocenters. The molecule has 1 aromatic rings. The Hall–Kier alpha value is -1.48. The highest BCUT2D eigenvalue weighted by Crippen LogP contribution is 2.27. The third-order valence-electron chi connectivity index (χ3n) is 2.56. The summed E-state index contributed by atoms with van der Waals surface area (Å²) >= 11 is 0. The minimum Gasteiger partial charge on any atom is -0.119 e. The molecule has 0 aliphatic carbocycles. The number of hydrogen-bond acceptors (Lipinski definition) is 0. The zero-order valence-electron chi connectivity index (χ0n) is 8.88. The van der Waals surface area contributed by atoms with Gasteiger partial charge in [-0.3, -0.25) is 0 Å². The van der Waals surface area contributed by atoms with E-state index in [-0.39, 0.29) is 5.41 Å². The Morgan fingerprint density at radius 1 is 1.43 bits per heavy atom. The van der Waals surface area contributed by atoms with Gasteiger partial charge in [0, 0.05) is 0 Å². The highest BCUT2D eigenvalue weighted by molar-refractivity contribution is 5.35. The maximum absolute atomic E-state index is 5.57. The average molecular weight is 184 g/mol.